The highest BCUT2D eigenvalue weighted by molar-refractivity contribution is 8.03. The monoisotopic (exact) mass is 452 g/mol. The van der Waals surface area contributed by atoms with Gasteiger partial charge in [0, 0.05) is 17.9 Å². The van der Waals surface area contributed by atoms with Gasteiger partial charge in [-0.2, -0.15) is 5.26 Å². The molecule has 2 aliphatic heterocycles. The Morgan fingerprint density at radius 1 is 1.19 bits per heavy atom. The quantitative estimate of drug-likeness (QED) is 0.714. The molecule has 4 rings (SSSR count). The number of amides is 1. The maximum absolute atomic E-state index is 13.3. The van der Waals surface area contributed by atoms with Crippen LogP contribution in [0.3, 0.4) is 0 Å². The molecule has 0 spiro atoms. The number of benzene rings is 2. The van der Waals surface area contributed by atoms with Crippen molar-refractivity contribution in [3.8, 4) is 23.3 Å². The van der Waals surface area contributed by atoms with Crippen LogP contribution in [0.4, 0.5) is 0 Å². The van der Waals surface area contributed by atoms with Gasteiger partial charge in [-0.15, -0.1) is 11.8 Å². The van der Waals surface area contributed by atoms with E-state index < -0.39 is 5.72 Å². The van der Waals surface area contributed by atoms with Crippen molar-refractivity contribution >= 4 is 17.7 Å². The van der Waals surface area contributed by atoms with Crippen LogP contribution >= 0.6 is 11.8 Å². The number of methoxy groups -OCH3 is 2. The first-order valence-corrected chi connectivity index (χ1v) is 11.2. The molecule has 8 heteroatoms. The summed E-state index contributed by atoms with van der Waals surface area (Å²) in [5.74, 6) is 1.33. The SMILES string of the molecule is CCOc1ccc([C@H]2CC(=O)N3C(=C2C#N)SC[C@]3(O)c2ccc(OC)c(OC)c2)cc1. The van der Waals surface area contributed by atoms with E-state index in [9.17, 15) is 15.2 Å². The van der Waals surface area contributed by atoms with Crippen LogP contribution in [0.25, 0.3) is 0 Å². The number of thioether (sulfide) groups is 1. The zero-order chi connectivity index (χ0) is 22.9. The van der Waals surface area contributed by atoms with Crippen LogP contribution in [0.5, 0.6) is 17.2 Å². The third kappa shape index (κ3) is 3.57. The summed E-state index contributed by atoms with van der Waals surface area (Å²) in [5, 5.41) is 22.1. The molecule has 2 aliphatic rings. The number of hydrogen-bond acceptors (Lipinski definition) is 7. The molecule has 2 atom stereocenters. The van der Waals surface area contributed by atoms with Crippen LogP contribution in [-0.4, -0.2) is 42.5 Å². The van der Waals surface area contributed by atoms with Crippen molar-refractivity contribution in [1.29, 1.82) is 5.26 Å². The highest BCUT2D eigenvalue weighted by Crippen LogP contribution is 2.52. The van der Waals surface area contributed by atoms with Gasteiger partial charge in [0.15, 0.2) is 17.2 Å². The van der Waals surface area contributed by atoms with Crippen LogP contribution in [0.2, 0.25) is 0 Å². The van der Waals surface area contributed by atoms with Crippen molar-refractivity contribution in [1.82, 2.24) is 4.90 Å². The summed E-state index contributed by atoms with van der Waals surface area (Å²) >= 11 is 1.31. The Balaban J connectivity index is 1.74. The third-order valence-corrected chi connectivity index (χ3v) is 6.97. The Morgan fingerprint density at radius 2 is 1.91 bits per heavy atom. The van der Waals surface area contributed by atoms with Crippen molar-refractivity contribution in [2.24, 2.45) is 0 Å². The number of carbonyl (C=O) groups is 1. The van der Waals surface area contributed by atoms with Gasteiger partial charge in [-0.1, -0.05) is 18.2 Å². The molecule has 1 saturated heterocycles. The van der Waals surface area contributed by atoms with Crippen LogP contribution in [0.15, 0.2) is 53.1 Å². The average molecular weight is 453 g/mol. The Hall–Kier alpha value is -3.15. The molecule has 0 aromatic heterocycles. The van der Waals surface area contributed by atoms with Gasteiger partial charge in [0.1, 0.15) is 5.75 Å². The second-order valence-electron chi connectivity index (χ2n) is 7.49. The predicted molar refractivity (Wildman–Crippen MR) is 120 cm³/mol. The number of allylic oxidation sites excluding steroid dienone is 1. The minimum Gasteiger partial charge on any atom is -0.494 e. The molecule has 1 N–H and O–H groups in total. The van der Waals surface area contributed by atoms with Crippen LogP contribution in [0.1, 0.15) is 30.4 Å². The van der Waals surface area contributed by atoms with Gasteiger partial charge in [0.05, 0.1) is 43.3 Å². The summed E-state index contributed by atoms with van der Waals surface area (Å²) in [6.07, 6.45) is 0.0938. The summed E-state index contributed by atoms with van der Waals surface area (Å²) < 4.78 is 16.1. The van der Waals surface area contributed by atoms with Crippen molar-refractivity contribution in [2.75, 3.05) is 26.6 Å². The van der Waals surface area contributed by atoms with E-state index >= 15 is 0 Å². The summed E-state index contributed by atoms with van der Waals surface area (Å²) in [7, 11) is 3.05. The Labute approximate surface area is 191 Å². The molecule has 0 aliphatic carbocycles. The first kappa shape index (κ1) is 22.1. The molecule has 0 saturated carbocycles. The maximum Gasteiger partial charge on any atom is 0.231 e. The number of hydrogen-bond donors (Lipinski definition) is 1. The summed E-state index contributed by atoms with van der Waals surface area (Å²) in [6.45, 7) is 2.48. The van der Waals surface area contributed by atoms with Crippen molar-refractivity contribution in [3.05, 3.63) is 64.2 Å². The summed E-state index contributed by atoms with van der Waals surface area (Å²) in [5.41, 5.74) is 0.272. The molecular weight excluding hydrogens is 428 g/mol. The van der Waals surface area contributed by atoms with Crippen molar-refractivity contribution in [2.45, 2.75) is 25.0 Å². The molecule has 166 valence electrons. The second-order valence-corrected chi connectivity index (χ2v) is 8.46. The highest BCUT2D eigenvalue weighted by Gasteiger charge is 2.52. The molecule has 7 nitrogen and oxygen atoms in total. The minimum atomic E-state index is -1.58. The van der Waals surface area contributed by atoms with Gasteiger partial charge in [0.2, 0.25) is 5.91 Å². The largest absolute Gasteiger partial charge is 0.494 e. The zero-order valence-electron chi connectivity index (χ0n) is 18.1. The molecule has 0 bridgehead atoms. The lowest BCUT2D eigenvalue weighted by atomic mass is 9.85. The Bertz CT molecular complexity index is 1110. The topological polar surface area (TPSA) is 92.0 Å². The van der Waals surface area contributed by atoms with Gasteiger partial charge in [-0.3, -0.25) is 9.69 Å². The fraction of sp³-hybridized carbons (Fsp3) is 0.333. The average Bonchev–Trinajstić information content (AvgIpc) is 3.18. The minimum absolute atomic E-state index is 0.0938. The lowest BCUT2D eigenvalue weighted by molar-refractivity contribution is -0.149. The van der Waals surface area contributed by atoms with E-state index in [1.807, 2.05) is 31.2 Å². The van der Waals surface area contributed by atoms with Crippen molar-refractivity contribution < 1.29 is 24.1 Å². The number of fused-ring (bicyclic) bond motifs is 1. The molecular formula is C24H24N2O5S. The molecule has 2 aromatic carbocycles. The van der Waals surface area contributed by atoms with E-state index in [0.717, 1.165) is 11.3 Å². The van der Waals surface area contributed by atoms with E-state index in [1.54, 1.807) is 18.2 Å². The number of rotatable bonds is 6. The lowest BCUT2D eigenvalue weighted by Crippen LogP contribution is -2.48. The Kier molecular flexibility index (Phi) is 6.04. The molecule has 32 heavy (non-hydrogen) atoms. The molecule has 2 heterocycles. The summed E-state index contributed by atoms with van der Waals surface area (Å²) in [4.78, 5) is 14.6. The van der Waals surface area contributed by atoms with E-state index in [-0.39, 0.29) is 24.0 Å². The first-order valence-electron chi connectivity index (χ1n) is 10.2. The van der Waals surface area contributed by atoms with Crippen molar-refractivity contribution in [3.63, 3.8) is 0 Å². The van der Waals surface area contributed by atoms with E-state index in [1.165, 1.54) is 30.9 Å². The second kappa shape index (κ2) is 8.77. The first-order chi connectivity index (χ1) is 15.5. The van der Waals surface area contributed by atoms with Gasteiger partial charge in [-0.25, -0.2) is 0 Å². The smallest absolute Gasteiger partial charge is 0.231 e. The number of carbonyl (C=O) groups excluding carboxylic acids is 1. The molecule has 1 fully saturated rings. The van der Waals surface area contributed by atoms with E-state index in [0.29, 0.717) is 34.3 Å². The fourth-order valence-corrected chi connectivity index (χ4v) is 5.53. The molecule has 0 unspecified atom stereocenters. The number of nitriles is 1. The van der Waals surface area contributed by atoms with Crippen LogP contribution < -0.4 is 14.2 Å². The molecule has 0 radical (unpaired) electrons. The van der Waals surface area contributed by atoms with Gasteiger partial charge in [0.25, 0.3) is 0 Å². The fourth-order valence-electron chi connectivity index (χ4n) is 4.17. The standard InChI is InChI=1S/C24H24N2O5S/c1-4-31-17-8-5-15(6-9-17)18-12-22(27)26-23(19(18)13-25)32-14-24(26,28)16-7-10-20(29-2)21(11-16)30-3/h5-11,18,28H,4,12,14H2,1-3H3/t18-,24+/m1/s1. The third-order valence-electron chi connectivity index (χ3n) is 5.75. The van der Waals surface area contributed by atoms with Gasteiger partial charge >= 0.3 is 0 Å². The zero-order valence-corrected chi connectivity index (χ0v) is 18.9. The van der Waals surface area contributed by atoms with E-state index in [4.69, 9.17) is 14.2 Å². The number of nitrogens with zero attached hydrogens (tertiary/aromatic N) is 2. The number of ether oxygens (including phenoxy) is 3. The summed E-state index contributed by atoms with van der Waals surface area (Å²) in [6, 6.07) is 14.8. The highest BCUT2D eigenvalue weighted by atomic mass is 32.2. The van der Waals surface area contributed by atoms with Crippen LogP contribution in [-0.2, 0) is 10.5 Å². The Morgan fingerprint density at radius 3 is 2.53 bits per heavy atom. The maximum atomic E-state index is 13.3. The van der Waals surface area contributed by atoms with Gasteiger partial charge in [-0.05, 0) is 36.8 Å². The predicted octanol–water partition coefficient (Wildman–Crippen LogP) is 3.75. The molecule has 2 aromatic rings. The lowest BCUT2D eigenvalue weighted by Gasteiger charge is -2.38. The van der Waals surface area contributed by atoms with Crippen LogP contribution in [0, 0.1) is 11.3 Å². The molecule has 1 amide bonds. The van der Waals surface area contributed by atoms with E-state index in [2.05, 4.69) is 6.07 Å². The number of aliphatic hydroxyl groups is 1. The van der Waals surface area contributed by atoms with Gasteiger partial charge < -0.3 is 19.3 Å². The normalized spacial score (nSPS) is 22.4.